The fourth-order valence-electron chi connectivity index (χ4n) is 2.99. The summed E-state index contributed by atoms with van der Waals surface area (Å²) in [5.74, 6) is 0.163. The Kier molecular flexibility index (Phi) is 4.44. The van der Waals surface area contributed by atoms with Gasteiger partial charge in [-0.05, 0) is 30.6 Å². The van der Waals surface area contributed by atoms with Crippen LogP contribution in [0.2, 0.25) is 0 Å². The van der Waals surface area contributed by atoms with Crippen LogP contribution in [0.1, 0.15) is 50.5 Å². The van der Waals surface area contributed by atoms with Gasteiger partial charge in [-0.2, -0.15) is 0 Å². The molecule has 1 amide bonds. The molecule has 0 saturated carbocycles. The minimum atomic E-state index is -0.727. The molecule has 1 fully saturated rings. The number of aromatic nitrogens is 2. The molecule has 1 aliphatic rings. The monoisotopic (exact) mass is 308 g/mol. The van der Waals surface area contributed by atoms with Gasteiger partial charge in [-0.25, -0.2) is 4.79 Å². The van der Waals surface area contributed by atoms with Crippen LogP contribution in [-0.2, 0) is 0 Å². The second kappa shape index (κ2) is 5.98. The van der Waals surface area contributed by atoms with Gasteiger partial charge in [0.05, 0.1) is 0 Å². The highest BCUT2D eigenvalue weighted by atomic mass is 16.2. The van der Waals surface area contributed by atoms with Gasteiger partial charge in [-0.15, -0.1) is 0 Å². The highest BCUT2D eigenvalue weighted by molar-refractivity contribution is 5.96. The fourth-order valence-corrected chi connectivity index (χ4v) is 2.99. The molecule has 1 aromatic rings. The van der Waals surface area contributed by atoms with Gasteiger partial charge >= 0.3 is 5.69 Å². The fraction of sp³-hybridized carbons (Fsp3) is 0.667. The molecular formula is C15H24N4O3. The standard InChI is InChI=1S/C15H24N4O3/c1-15(2,3)9-5-4-7-19(8-6-9)13(21)11-10(16)12(20)18-14(22)17-11/h9H,4-8,16H2,1-3H3,(H2,17,18,20,22)/t9-/m0/s1. The summed E-state index contributed by atoms with van der Waals surface area (Å²) in [4.78, 5) is 41.5. The van der Waals surface area contributed by atoms with E-state index in [0.717, 1.165) is 19.3 Å². The van der Waals surface area contributed by atoms with Crippen molar-refractivity contribution in [2.75, 3.05) is 18.8 Å². The van der Waals surface area contributed by atoms with E-state index in [-0.39, 0.29) is 22.7 Å². The maximum atomic E-state index is 12.6. The maximum Gasteiger partial charge on any atom is 0.326 e. The predicted molar refractivity (Wildman–Crippen MR) is 84.8 cm³/mol. The van der Waals surface area contributed by atoms with E-state index < -0.39 is 11.2 Å². The van der Waals surface area contributed by atoms with Crippen LogP contribution in [-0.4, -0.2) is 33.9 Å². The number of rotatable bonds is 1. The Morgan fingerprint density at radius 3 is 2.50 bits per heavy atom. The molecule has 7 nitrogen and oxygen atoms in total. The zero-order chi connectivity index (χ0) is 16.5. The molecule has 4 N–H and O–H groups in total. The summed E-state index contributed by atoms with van der Waals surface area (Å²) >= 11 is 0. The van der Waals surface area contributed by atoms with E-state index in [1.54, 1.807) is 4.90 Å². The highest BCUT2D eigenvalue weighted by Crippen LogP contribution is 2.34. The van der Waals surface area contributed by atoms with Gasteiger partial charge in [-0.1, -0.05) is 20.8 Å². The third-order valence-corrected chi connectivity index (χ3v) is 4.43. The Morgan fingerprint density at radius 2 is 1.86 bits per heavy atom. The van der Waals surface area contributed by atoms with E-state index in [1.165, 1.54) is 0 Å². The summed E-state index contributed by atoms with van der Waals surface area (Å²) < 4.78 is 0. The zero-order valence-electron chi connectivity index (χ0n) is 13.4. The van der Waals surface area contributed by atoms with E-state index in [2.05, 4.69) is 25.8 Å². The van der Waals surface area contributed by atoms with Crippen molar-refractivity contribution in [3.63, 3.8) is 0 Å². The smallest absolute Gasteiger partial charge is 0.326 e. The van der Waals surface area contributed by atoms with Crippen LogP contribution in [0.4, 0.5) is 5.69 Å². The molecule has 22 heavy (non-hydrogen) atoms. The third-order valence-electron chi connectivity index (χ3n) is 4.43. The number of H-pyrrole nitrogens is 2. The molecule has 1 saturated heterocycles. The molecule has 0 unspecified atom stereocenters. The number of nitrogens with two attached hydrogens (primary N) is 1. The SMILES string of the molecule is CC(C)(C)[C@H]1CCCN(C(=O)c2[nH]c(=O)[nH]c(=O)c2N)CC1. The lowest BCUT2D eigenvalue weighted by molar-refractivity contribution is 0.0750. The average Bonchev–Trinajstić information content (AvgIpc) is 2.67. The van der Waals surface area contributed by atoms with Gasteiger partial charge in [0.15, 0.2) is 0 Å². The lowest BCUT2D eigenvalue weighted by atomic mass is 9.77. The number of hydrogen-bond acceptors (Lipinski definition) is 4. The van der Waals surface area contributed by atoms with E-state index in [1.807, 2.05) is 4.98 Å². The molecule has 7 heteroatoms. The quantitative estimate of drug-likeness (QED) is 0.716. The number of anilines is 1. The first-order chi connectivity index (χ1) is 10.2. The lowest BCUT2D eigenvalue weighted by Crippen LogP contribution is -2.37. The van der Waals surface area contributed by atoms with Crippen LogP contribution in [0.5, 0.6) is 0 Å². The molecule has 0 spiro atoms. The van der Waals surface area contributed by atoms with E-state index >= 15 is 0 Å². The Bertz CT molecular complexity index is 669. The van der Waals surface area contributed by atoms with Crippen LogP contribution in [0.25, 0.3) is 0 Å². The number of hydrogen-bond donors (Lipinski definition) is 3. The van der Waals surface area contributed by atoms with Crippen LogP contribution in [0.3, 0.4) is 0 Å². The summed E-state index contributed by atoms with van der Waals surface area (Å²) in [6.07, 6.45) is 2.87. The average molecular weight is 308 g/mol. The normalized spacial score (nSPS) is 19.8. The summed E-state index contributed by atoms with van der Waals surface area (Å²) in [7, 11) is 0. The number of aromatic amines is 2. The molecule has 1 aromatic heterocycles. The van der Waals surface area contributed by atoms with Crippen molar-refractivity contribution >= 4 is 11.6 Å². The second-order valence-electron chi connectivity index (χ2n) is 6.98. The third kappa shape index (κ3) is 3.40. The van der Waals surface area contributed by atoms with Crippen LogP contribution >= 0.6 is 0 Å². The second-order valence-corrected chi connectivity index (χ2v) is 6.98. The van der Waals surface area contributed by atoms with Crippen LogP contribution in [0.15, 0.2) is 9.59 Å². The minimum Gasteiger partial charge on any atom is -0.392 e. The van der Waals surface area contributed by atoms with Gasteiger partial charge < -0.3 is 15.6 Å². The van der Waals surface area contributed by atoms with Crippen molar-refractivity contribution in [2.24, 2.45) is 11.3 Å². The van der Waals surface area contributed by atoms with Crippen molar-refractivity contribution in [3.8, 4) is 0 Å². The summed E-state index contributed by atoms with van der Waals surface area (Å²) in [5.41, 5.74) is 4.05. The van der Waals surface area contributed by atoms with Crippen molar-refractivity contribution in [1.29, 1.82) is 0 Å². The van der Waals surface area contributed by atoms with Crippen molar-refractivity contribution < 1.29 is 4.79 Å². The Hall–Kier alpha value is -2.05. The molecule has 0 radical (unpaired) electrons. The molecule has 122 valence electrons. The summed E-state index contributed by atoms with van der Waals surface area (Å²) in [5, 5.41) is 0. The van der Waals surface area contributed by atoms with Crippen LogP contribution in [0, 0.1) is 11.3 Å². The van der Waals surface area contributed by atoms with Gasteiger partial charge in [-0.3, -0.25) is 14.6 Å². The predicted octanol–water partition coefficient (Wildman–Crippen LogP) is 0.934. The number of amides is 1. The van der Waals surface area contributed by atoms with Crippen LogP contribution < -0.4 is 17.0 Å². The van der Waals surface area contributed by atoms with E-state index in [0.29, 0.717) is 19.0 Å². The van der Waals surface area contributed by atoms with Gasteiger partial charge in [0.25, 0.3) is 11.5 Å². The largest absolute Gasteiger partial charge is 0.392 e. The number of carbonyl (C=O) groups excluding carboxylic acids is 1. The maximum absolute atomic E-state index is 12.6. The van der Waals surface area contributed by atoms with Crippen molar-refractivity contribution in [1.82, 2.24) is 14.9 Å². The topological polar surface area (TPSA) is 112 Å². The Morgan fingerprint density at radius 1 is 1.18 bits per heavy atom. The van der Waals surface area contributed by atoms with Gasteiger partial charge in [0, 0.05) is 13.1 Å². The Balaban J connectivity index is 2.21. The number of nitrogens with one attached hydrogen (secondary N) is 2. The number of nitrogen functional groups attached to an aromatic ring is 1. The number of nitrogens with zero attached hydrogens (tertiary/aromatic N) is 1. The van der Waals surface area contributed by atoms with Gasteiger partial charge in [0.1, 0.15) is 11.4 Å². The van der Waals surface area contributed by atoms with Crippen molar-refractivity contribution in [2.45, 2.75) is 40.0 Å². The number of carbonyl (C=O) groups is 1. The molecule has 0 bridgehead atoms. The summed E-state index contributed by atoms with van der Waals surface area (Å²) in [6.45, 7) is 7.85. The minimum absolute atomic E-state index is 0.108. The molecular weight excluding hydrogens is 284 g/mol. The highest BCUT2D eigenvalue weighted by Gasteiger charge is 2.29. The molecule has 1 atom stereocenters. The first-order valence-corrected chi connectivity index (χ1v) is 7.61. The molecule has 0 aromatic carbocycles. The van der Waals surface area contributed by atoms with E-state index in [4.69, 9.17) is 5.73 Å². The zero-order valence-corrected chi connectivity index (χ0v) is 13.4. The summed E-state index contributed by atoms with van der Waals surface area (Å²) in [6, 6.07) is 0. The number of likely N-dealkylation sites (tertiary alicyclic amines) is 1. The van der Waals surface area contributed by atoms with E-state index in [9.17, 15) is 14.4 Å². The van der Waals surface area contributed by atoms with Gasteiger partial charge in [0.2, 0.25) is 0 Å². The lowest BCUT2D eigenvalue weighted by Gasteiger charge is -2.29. The van der Waals surface area contributed by atoms with Crippen molar-refractivity contribution in [3.05, 3.63) is 26.5 Å². The Labute approximate surface area is 128 Å². The molecule has 2 rings (SSSR count). The first-order valence-electron chi connectivity index (χ1n) is 7.61. The molecule has 2 heterocycles. The molecule has 0 aliphatic carbocycles. The molecule has 1 aliphatic heterocycles. The first kappa shape index (κ1) is 16.3.